The summed E-state index contributed by atoms with van der Waals surface area (Å²) in [4.78, 5) is 45.6. The van der Waals surface area contributed by atoms with Crippen LogP contribution in [-0.4, -0.2) is 36.7 Å². The van der Waals surface area contributed by atoms with Crippen LogP contribution in [0.4, 0.5) is 59.7 Å². The molecule has 1 aliphatic carbocycles. The second-order valence-electron chi connectivity index (χ2n) is 11.8. The summed E-state index contributed by atoms with van der Waals surface area (Å²) in [5.41, 5.74) is -12.4. The minimum Gasteiger partial charge on any atom is -0.433 e. The number of carbonyl (C=O) groups is 3. The summed E-state index contributed by atoms with van der Waals surface area (Å²) in [6.45, 7) is -0.560. The maximum atomic E-state index is 16.2. The van der Waals surface area contributed by atoms with E-state index in [0.29, 0.717) is 3.39 Å². The Bertz CT molecular complexity index is 1940. The molecular formula is C32H20Br3F11N2O5. The zero-order valence-corrected chi connectivity index (χ0v) is 31.0. The molecule has 2 amide bonds. The van der Waals surface area contributed by atoms with Crippen LogP contribution in [-0.2, 0) is 15.3 Å². The molecule has 0 bridgehead atoms. The minimum atomic E-state index is -6.65. The number of amides is 2. The second-order valence-corrected chi connectivity index (χ2v) is 15.4. The van der Waals surface area contributed by atoms with E-state index in [-0.39, 0.29) is 22.8 Å². The van der Waals surface area contributed by atoms with Crippen LogP contribution in [0.25, 0.3) is 0 Å². The summed E-state index contributed by atoms with van der Waals surface area (Å²) < 4.78 is 155. The van der Waals surface area contributed by atoms with Gasteiger partial charge in [-0.3, -0.25) is 9.59 Å². The van der Waals surface area contributed by atoms with Crippen molar-refractivity contribution in [2.45, 2.75) is 38.5 Å². The van der Waals surface area contributed by atoms with E-state index in [0.717, 1.165) is 42.5 Å². The molecule has 0 aromatic heterocycles. The number of nitrogens with one attached hydrogen (secondary N) is 1. The summed E-state index contributed by atoms with van der Waals surface area (Å²) in [5.74, 6) is -9.23. The van der Waals surface area contributed by atoms with E-state index in [9.17, 15) is 58.3 Å². The third-order valence-corrected chi connectivity index (χ3v) is 9.21. The third kappa shape index (κ3) is 8.50. The van der Waals surface area contributed by atoms with Gasteiger partial charge in [0.2, 0.25) is 0 Å². The molecule has 21 heteroatoms. The first-order valence-corrected chi connectivity index (χ1v) is 16.8. The molecule has 4 rings (SSSR count). The maximum Gasteiger partial charge on any atom is 0.435 e. The lowest BCUT2D eigenvalue weighted by atomic mass is 9.93. The normalized spacial score (nSPS) is 16.8. The van der Waals surface area contributed by atoms with E-state index in [2.05, 4.69) is 52.5 Å². The van der Waals surface area contributed by atoms with Gasteiger partial charge < -0.3 is 14.9 Å². The first kappa shape index (κ1) is 42.0. The fraction of sp³-hybridized carbons (Fsp3) is 0.281. The maximum absolute atomic E-state index is 16.2. The fourth-order valence-electron chi connectivity index (χ4n) is 5.24. The second kappa shape index (κ2) is 15.2. The number of nitrogens with zero attached hydrogens (tertiary/aromatic N) is 1. The van der Waals surface area contributed by atoms with Crippen LogP contribution in [0.15, 0.2) is 68.5 Å². The van der Waals surface area contributed by atoms with Gasteiger partial charge in [-0.2, -0.15) is 35.1 Å². The summed E-state index contributed by atoms with van der Waals surface area (Å²) in [5, 5.41) is 1.97. The molecule has 3 aromatic carbocycles. The number of ether oxygens (including phenoxy) is 1. The molecule has 53 heavy (non-hydrogen) atoms. The quantitative estimate of drug-likeness (QED) is 0.171. The lowest BCUT2D eigenvalue weighted by molar-refractivity contribution is -0.348. The van der Waals surface area contributed by atoms with E-state index in [4.69, 9.17) is 4.84 Å². The highest BCUT2D eigenvalue weighted by Gasteiger charge is 2.73. The van der Waals surface area contributed by atoms with Crippen molar-refractivity contribution < 1.29 is 72.3 Å². The number of hydrogen-bond donors (Lipinski definition) is 1. The summed E-state index contributed by atoms with van der Waals surface area (Å²) in [7, 11) is 0. The highest BCUT2D eigenvalue weighted by atomic mass is 79.9. The van der Waals surface area contributed by atoms with E-state index in [1.807, 2.05) is 0 Å². The number of hydroxylamine groups is 1. The molecule has 7 nitrogen and oxygen atoms in total. The first-order chi connectivity index (χ1) is 24.3. The smallest absolute Gasteiger partial charge is 0.433 e. The Balaban J connectivity index is 1.78. The van der Waals surface area contributed by atoms with Crippen molar-refractivity contribution in [3.05, 3.63) is 96.9 Å². The van der Waals surface area contributed by atoms with Crippen molar-refractivity contribution in [1.82, 2.24) is 0 Å². The number of halogens is 14. The average Bonchev–Trinajstić information content (AvgIpc) is 3.57. The van der Waals surface area contributed by atoms with E-state index >= 15 is 4.39 Å². The summed E-state index contributed by atoms with van der Waals surface area (Å²) >= 11 is 8.88. The van der Waals surface area contributed by atoms with Gasteiger partial charge in [0, 0.05) is 15.6 Å². The van der Waals surface area contributed by atoms with Crippen LogP contribution < -0.4 is 15.1 Å². The molecule has 2 atom stereocenters. The zero-order chi connectivity index (χ0) is 40.0. The van der Waals surface area contributed by atoms with Gasteiger partial charge in [-0.15, -0.1) is 5.06 Å². The molecule has 3 aromatic rings. The number of benzene rings is 3. The molecule has 0 spiro atoms. The van der Waals surface area contributed by atoms with Gasteiger partial charge in [0.1, 0.15) is 11.5 Å². The molecule has 0 aliphatic heterocycles. The lowest BCUT2D eigenvalue weighted by Crippen LogP contribution is -2.50. The van der Waals surface area contributed by atoms with Crippen molar-refractivity contribution in [3.8, 4) is 5.75 Å². The van der Waals surface area contributed by atoms with Crippen LogP contribution in [0.5, 0.6) is 5.75 Å². The van der Waals surface area contributed by atoms with Gasteiger partial charge in [0.05, 0.1) is 20.6 Å². The van der Waals surface area contributed by atoms with Crippen molar-refractivity contribution in [2.24, 2.45) is 17.3 Å². The summed E-state index contributed by atoms with van der Waals surface area (Å²) in [6.07, 6.45) is -11.7. The number of hydrogen-bond acceptors (Lipinski definition) is 5. The molecule has 1 fully saturated rings. The van der Waals surface area contributed by atoms with Gasteiger partial charge in [0.15, 0.2) is 11.6 Å². The average molecular weight is 961 g/mol. The summed E-state index contributed by atoms with van der Waals surface area (Å²) in [6, 6.07) is 5.77. The lowest BCUT2D eigenvalue weighted by Gasteiger charge is -2.31. The van der Waals surface area contributed by atoms with Crippen LogP contribution in [0.2, 0.25) is 0 Å². The Kier molecular flexibility index (Phi) is 12.0. The number of carbonyl (C=O) groups excluding carboxylic acids is 3. The van der Waals surface area contributed by atoms with Crippen LogP contribution >= 0.6 is 47.8 Å². The highest BCUT2D eigenvalue weighted by Crippen LogP contribution is 2.60. The third-order valence-electron chi connectivity index (χ3n) is 8.06. The number of allylic oxidation sites excluding steroid dienone is 1. The highest BCUT2D eigenvalue weighted by molar-refractivity contribution is 9.28. The van der Waals surface area contributed by atoms with Gasteiger partial charge in [0.25, 0.3) is 11.8 Å². The van der Waals surface area contributed by atoms with Gasteiger partial charge in [-0.1, -0.05) is 26.0 Å². The predicted octanol–water partition coefficient (Wildman–Crippen LogP) is 10.9. The van der Waals surface area contributed by atoms with Gasteiger partial charge in [-0.25, -0.2) is 18.0 Å². The van der Waals surface area contributed by atoms with E-state index < -0.39 is 104 Å². The Morgan fingerprint density at radius 3 is 2.04 bits per heavy atom. The Labute approximate surface area is 316 Å². The molecule has 0 radical (unpaired) electrons. The first-order valence-electron chi connectivity index (χ1n) is 14.4. The molecule has 1 N–H and O–H groups in total. The topological polar surface area (TPSA) is 84.9 Å². The number of anilines is 2. The van der Waals surface area contributed by atoms with E-state index in [1.54, 1.807) is 25.2 Å². The zero-order valence-electron chi connectivity index (χ0n) is 26.3. The van der Waals surface area contributed by atoms with Crippen LogP contribution in [0, 0.1) is 28.9 Å². The Hall–Kier alpha value is -3.72. The predicted molar refractivity (Wildman–Crippen MR) is 176 cm³/mol. The van der Waals surface area contributed by atoms with Crippen LogP contribution in [0.1, 0.15) is 40.1 Å². The molecule has 286 valence electrons. The van der Waals surface area contributed by atoms with Crippen molar-refractivity contribution in [1.29, 1.82) is 0 Å². The van der Waals surface area contributed by atoms with Gasteiger partial charge >= 0.3 is 30.6 Å². The van der Waals surface area contributed by atoms with Crippen molar-refractivity contribution in [2.75, 3.05) is 10.4 Å². The molecule has 2 unspecified atom stereocenters. The molecule has 1 aliphatic rings. The van der Waals surface area contributed by atoms with Gasteiger partial charge in [-0.05, 0) is 108 Å². The number of alkyl halides is 9. The Morgan fingerprint density at radius 2 is 1.51 bits per heavy atom. The molecule has 1 saturated carbocycles. The van der Waals surface area contributed by atoms with E-state index in [1.165, 1.54) is 0 Å². The molecular weight excluding hydrogens is 941 g/mol. The van der Waals surface area contributed by atoms with Crippen LogP contribution in [0.3, 0.4) is 0 Å². The minimum absolute atomic E-state index is 0.111. The standard InChI is InChI=1S/C32H20Br3F11N2O5/c1-29(2)17(12-21(34)35)22(29)27(51)53-48(26(50)13-6-8-15(36)9-7-13)19-5-3-4-16(23(19)37)25(49)47-24-18(33)10-14(11-20(24)52-28(38)39)30(40,31(41,42)43)32(44,45)46/h3-12,17,22,28H,1-2H3,(H,47,49). The number of rotatable bonds is 9. The fourth-order valence-corrected chi connectivity index (χ4v) is 6.35. The van der Waals surface area contributed by atoms with Crippen molar-refractivity contribution >= 4 is 76.9 Å². The SMILES string of the molecule is CC1(C)C(C=C(Br)Br)C1C(=O)ON(C(=O)c1ccc(F)cc1)c1cccc(C(=O)Nc2c(Br)cc(C(F)(C(F)(F)F)C(F)(F)F)cc2OC(F)F)c1F. The molecule has 0 heterocycles. The Morgan fingerprint density at radius 1 is 0.925 bits per heavy atom. The molecule has 0 saturated heterocycles. The monoisotopic (exact) mass is 958 g/mol. The largest absolute Gasteiger partial charge is 0.435 e. The van der Waals surface area contributed by atoms with Crippen molar-refractivity contribution in [3.63, 3.8) is 0 Å².